The molecule has 190 valence electrons. The number of anilines is 2. The molecule has 3 atom stereocenters. The number of nitrogens with one attached hydrogen (secondary N) is 1. The molecule has 1 heterocycles. The lowest BCUT2D eigenvalue weighted by Gasteiger charge is -2.47. The molecule has 0 aliphatic carbocycles. The van der Waals surface area contributed by atoms with E-state index in [2.05, 4.69) is 5.32 Å². The number of aliphatic hydroxyl groups is 1. The topological polar surface area (TPSA) is 98.9 Å². The number of benzene rings is 2. The number of nitrogens with two attached hydrogens (primary N) is 1. The molecule has 1 aliphatic heterocycles. The maximum absolute atomic E-state index is 13.0. The zero-order valence-corrected chi connectivity index (χ0v) is 21.7. The van der Waals surface area contributed by atoms with Gasteiger partial charge in [0.2, 0.25) is 11.8 Å². The molecule has 2 aromatic carbocycles. The van der Waals surface area contributed by atoms with Crippen LogP contribution in [0.15, 0.2) is 54.6 Å². The molecule has 0 radical (unpaired) electrons. The molecule has 7 nitrogen and oxygen atoms in total. The molecule has 0 bridgehead atoms. The minimum absolute atomic E-state index is 0.0257. The van der Waals surface area contributed by atoms with Crippen molar-refractivity contribution in [2.75, 3.05) is 29.9 Å². The van der Waals surface area contributed by atoms with Crippen LogP contribution in [0.1, 0.15) is 34.1 Å². The fraction of sp³-hybridized carbons (Fsp3) is 0.481. The van der Waals surface area contributed by atoms with E-state index in [-0.39, 0.29) is 36.2 Å². The molecular formula is C27H37ClN4O3. The van der Waals surface area contributed by atoms with Gasteiger partial charge in [-0.2, -0.15) is 0 Å². The summed E-state index contributed by atoms with van der Waals surface area (Å²) in [6, 6.07) is 16.0. The van der Waals surface area contributed by atoms with Crippen molar-refractivity contribution in [3.05, 3.63) is 59.6 Å². The number of carbonyl (C=O) groups excluding carboxylic acids is 2. The van der Waals surface area contributed by atoms with E-state index in [0.717, 1.165) is 5.69 Å². The standard InChI is InChI=1S/C27H37ClN4O3/c1-18(2)20(26(35)30-19-10-6-5-7-11-19)14-24(33)22(29)15-31-16-25(34)32(17-27(31,3)4)23-13-9-8-12-21(23)28/h5-13,18,20,22,24,33H,14-17,29H2,1-4H3,(H,30,35)/t20-,22-,24-/m0/s1. The van der Waals surface area contributed by atoms with Gasteiger partial charge in [-0.15, -0.1) is 0 Å². The van der Waals surface area contributed by atoms with Crippen molar-refractivity contribution >= 4 is 34.8 Å². The lowest BCUT2D eigenvalue weighted by Crippen LogP contribution is -2.64. The predicted molar refractivity (Wildman–Crippen MR) is 141 cm³/mol. The quantitative estimate of drug-likeness (QED) is 0.487. The van der Waals surface area contributed by atoms with Crippen molar-refractivity contribution in [3.63, 3.8) is 0 Å². The van der Waals surface area contributed by atoms with Gasteiger partial charge in [0.15, 0.2) is 0 Å². The van der Waals surface area contributed by atoms with Crippen LogP contribution in [0.5, 0.6) is 0 Å². The first kappa shape index (κ1) is 27.1. The Hall–Kier alpha value is -2.45. The Labute approximate surface area is 213 Å². The van der Waals surface area contributed by atoms with Crippen LogP contribution in [0.4, 0.5) is 11.4 Å². The Balaban J connectivity index is 1.63. The maximum atomic E-state index is 13.0. The number of para-hydroxylation sites is 2. The highest BCUT2D eigenvalue weighted by molar-refractivity contribution is 6.33. The zero-order valence-electron chi connectivity index (χ0n) is 20.9. The van der Waals surface area contributed by atoms with E-state index in [9.17, 15) is 14.7 Å². The summed E-state index contributed by atoms with van der Waals surface area (Å²) in [6.07, 6.45) is -0.651. The third-order valence-electron chi connectivity index (χ3n) is 6.78. The van der Waals surface area contributed by atoms with E-state index in [1.807, 2.05) is 81.1 Å². The molecule has 0 saturated carbocycles. The second kappa shape index (κ2) is 11.5. The van der Waals surface area contributed by atoms with E-state index in [0.29, 0.717) is 23.8 Å². The van der Waals surface area contributed by atoms with Crippen LogP contribution < -0.4 is 16.0 Å². The zero-order chi connectivity index (χ0) is 25.8. The van der Waals surface area contributed by atoms with Gasteiger partial charge in [0.1, 0.15) is 0 Å². The minimum Gasteiger partial charge on any atom is -0.391 e. The summed E-state index contributed by atoms with van der Waals surface area (Å²) < 4.78 is 0. The first-order chi connectivity index (χ1) is 16.5. The van der Waals surface area contributed by atoms with Gasteiger partial charge < -0.3 is 21.1 Å². The number of carbonyl (C=O) groups is 2. The van der Waals surface area contributed by atoms with E-state index in [1.165, 1.54) is 0 Å². The lowest BCUT2D eigenvalue weighted by molar-refractivity contribution is -0.124. The first-order valence-corrected chi connectivity index (χ1v) is 12.5. The Morgan fingerprint density at radius 1 is 1.14 bits per heavy atom. The molecule has 0 aromatic heterocycles. The van der Waals surface area contributed by atoms with Gasteiger partial charge in [0, 0.05) is 36.3 Å². The van der Waals surface area contributed by atoms with Crippen molar-refractivity contribution in [2.24, 2.45) is 17.6 Å². The van der Waals surface area contributed by atoms with Gasteiger partial charge in [0.25, 0.3) is 0 Å². The van der Waals surface area contributed by atoms with Gasteiger partial charge in [-0.3, -0.25) is 14.5 Å². The minimum atomic E-state index is -0.892. The Morgan fingerprint density at radius 3 is 2.40 bits per heavy atom. The predicted octanol–water partition coefficient (Wildman–Crippen LogP) is 3.76. The number of rotatable bonds is 9. The summed E-state index contributed by atoms with van der Waals surface area (Å²) in [4.78, 5) is 29.6. The Kier molecular flexibility index (Phi) is 8.94. The van der Waals surface area contributed by atoms with Crippen molar-refractivity contribution in [1.29, 1.82) is 0 Å². The molecule has 35 heavy (non-hydrogen) atoms. The van der Waals surface area contributed by atoms with Gasteiger partial charge >= 0.3 is 0 Å². The summed E-state index contributed by atoms with van der Waals surface area (Å²) in [5.41, 5.74) is 7.45. The summed E-state index contributed by atoms with van der Waals surface area (Å²) in [6.45, 7) is 8.97. The molecule has 3 rings (SSSR count). The van der Waals surface area contributed by atoms with Gasteiger partial charge in [-0.25, -0.2) is 0 Å². The highest BCUT2D eigenvalue weighted by atomic mass is 35.5. The molecule has 8 heteroatoms. The summed E-state index contributed by atoms with van der Waals surface area (Å²) >= 11 is 6.34. The molecule has 2 amide bonds. The first-order valence-electron chi connectivity index (χ1n) is 12.1. The number of hydrogen-bond acceptors (Lipinski definition) is 5. The number of aliphatic hydroxyl groups excluding tert-OH is 1. The molecular weight excluding hydrogens is 464 g/mol. The normalized spacial score (nSPS) is 18.9. The average molecular weight is 501 g/mol. The molecule has 1 saturated heterocycles. The molecule has 4 N–H and O–H groups in total. The molecule has 0 unspecified atom stereocenters. The van der Waals surface area contributed by atoms with Crippen LogP contribution in [0.25, 0.3) is 0 Å². The van der Waals surface area contributed by atoms with E-state index in [1.54, 1.807) is 11.0 Å². The number of nitrogens with zero attached hydrogens (tertiary/aromatic N) is 2. The van der Waals surface area contributed by atoms with Crippen LogP contribution >= 0.6 is 11.6 Å². The van der Waals surface area contributed by atoms with Crippen LogP contribution in [-0.2, 0) is 9.59 Å². The van der Waals surface area contributed by atoms with E-state index < -0.39 is 18.1 Å². The van der Waals surface area contributed by atoms with Gasteiger partial charge in [0.05, 0.1) is 23.4 Å². The Morgan fingerprint density at radius 2 is 1.77 bits per heavy atom. The lowest BCUT2D eigenvalue weighted by atomic mass is 9.86. The fourth-order valence-corrected chi connectivity index (χ4v) is 4.73. The Bertz CT molecular complexity index is 1010. The van der Waals surface area contributed by atoms with Crippen molar-refractivity contribution in [3.8, 4) is 0 Å². The summed E-state index contributed by atoms with van der Waals surface area (Å²) in [7, 11) is 0. The number of amides is 2. The SMILES string of the molecule is CC(C)[C@H](C[C@H](O)[C@@H](N)CN1CC(=O)N(c2ccccc2Cl)CC1(C)C)C(=O)Nc1ccccc1. The summed E-state index contributed by atoms with van der Waals surface area (Å²) in [5.74, 6) is -0.580. The van der Waals surface area contributed by atoms with Crippen molar-refractivity contribution in [2.45, 2.75) is 51.8 Å². The fourth-order valence-electron chi connectivity index (χ4n) is 4.49. The highest BCUT2D eigenvalue weighted by Gasteiger charge is 2.40. The van der Waals surface area contributed by atoms with Crippen LogP contribution in [-0.4, -0.2) is 59.1 Å². The maximum Gasteiger partial charge on any atom is 0.241 e. The van der Waals surface area contributed by atoms with Crippen LogP contribution in [0, 0.1) is 11.8 Å². The number of piperazine rings is 1. The molecule has 2 aromatic rings. The molecule has 1 fully saturated rings. The molecule has 1 aliphatic rings. The van der Waals surface area contributed by atoms with Crippen molar-refractivity contribution < 1.29 is 14.7 Å². The van der Waals surface area contributed by atoms with E-state index >= 15 is 0 Å². The smallest absolute Gasteiger partial charge is 0.241 e. The third-order valence-corrected chi connectivity index (χ3v) is 7.09. The second-order valence-corrected chi connectivity index (χ2v) is 10.7. The monoisotopic (exact) mass is 500 g/mol. The second-order valence-electron chi connectivity index (χ2n) is 10.3. The number of hydrogen-bond donors (Lipinski definition) is 3. The number of halogens is 1. The van der Waals surface area contributed by atoms with Crippen LogP contribution in [0.3, 0.4) is 0 Å². The van der Waals surface area contributed by atoms with E-state index in [4.69, 9.17) is 17.3 Å². The molecule has 0 spiro atoms. The van der Waals surface area contributed by atoms with Gasteiger partial charge in [-0.05, 0) is 50.5 Å². The summed E-state index contributed by atoms with van der Waals surface area (Å²) in [5, 5.41) is 14.4. The third kappa shape index (κ3) is 6.82. The average Bonchev–Trinajstić information content (AvgIpc) is 2.80. The van der Waals surface area contributed by atoms with Gasteiger partial charge in [-0.1, -0.05) is 55.8 Å². The largest absolute Gasteiger partial charge is 0.391 e. The highest BCUT2D eigenvalue weighted by Crippen LogP contribution is 2.31. The van der Waals surface area contributed by atoms with Crippen molar-refractivity contribution in [1.82, 2.24) is 4.90 Å². The van der Waals surface area contributed by atoms with Crippen LogP contribution in [0.2, 0.25) is 5.02 Å².